The van der Waals surface area contributed by atoms with E-state index >= 15 is 0 Å². The summed E-state index contributed by atoms with van der Waals surface area (Å²) in [5, 5.41) is 8.35. The summed E-state index contributed by atoms with van der Waals surface area (Å²) in [5.74, 6) is 0. The van der Waals surface area contributed by atoms with Gasteiger partial charge in [-0.25, -0.2) is 4.68 Å². The first-order valence-electron chi connectivity index (χ1n) is 7.95. The van der Waals surface area contributed by atoms with Crippen molar-refractivity contribution < 1.29 is 0 Å². The molecule has 0 saturated heterocycles. The van der Waals surface area contributed by atoms with Gasteiger partial charge in [0.2, 0.25) is 0 Å². The topological polar surface area (TPSA) is 38.1 Å². The third kappa shape index (κ3) is 2.94. The summed E-state index contributed by atoms with van der Waals surface area (Å²) in [6.07, 6.45) is 2.43. The molecule has 1 saturated carbocycles. The van der Waals surface area contributed by atoms with Gasteiger partial charge in [0.25, 0.3) is 5.56 Å². The maximum Gasteiger partial charge on any atom is 0.275 e. The minimum absolute atomic E-state index is 0.00281. The number of hydrogen-bond acceptors (Lipinski definition) is 4. The molecule has 2 heterocycles. The van der Waals surface area contributed by atoms with Crippen molar-refractivity contribution in [3.05, 3.63) is 62.7 Å². The summed E-state index contributed by atoms with van der Waals surface area (Å²) in [7, 11) is 0. The van der Waals surface area contributed by atoms with Crippen molar-refractivity contribution in [3.8, 4) is 0 Å². The molecular weight excluding hydrogens is 306 g/mol. The molecule has 0 amide bonds. The molecule has 1 aliphatic rings. The largest absolute Gasteiger partial charge is 0.276 e. The van der Waals surface area contributed by atoms with Gasteiger partial charge in [-0.1, -0.05) is 24.3 Å². The summed E-state index contributed by atoms with van der Waals surface area (Å²) in [4.78, 5) is 16.4. The van der Waals surface area contributed by atoms with Crippen molar-refractivity contribution in [1.82, 2.24) is 14.7 Å². The van der Waals surface area contributed by atoms with Gasteiger partial charge in [-0.3, -0.25) is 9.69 Å². The Morgan fingerprint density at radius 2 is 2.00 bits per heavy atom. The lowest BCUT2D eigenvalue weighted by Gasteiger charge is -2.22. The fourth-order valence-electron chi connectivity index (χ4n) is 3.01. The highest BCUT2D eigenvalue weighted by atomic mass is 32.1. The van der Waals surface area contributed by atoms with Crippen LogP contribution in [0, 0.1) is 6.92 Å². The normalized spacial score (nSPS) is 14.7. The van der Waals surface area contributed by atoms with E-state index in [0.717, 1.165) is 23.0 Å². The van der Waals surface area contributed by atoms with Gasteiger partial charge in [0, 0.05) is 22.8 Å². The maximum absolute atomic E-state index is 12.7. The number of thiophene rings is 1. The van der Waals surface area contributed by atoms with E-state index in [1.54, 1.807) is 16.0 Å². The van der Waals surface area contributed by atoms with Crippen molar-refractivity contribution in [2.24, 2.45) is 0 Å². The molecule has 0 aliphatic heterocycles. The van der Waals surface area contributed by atoms with Gasteiger partial charge in [0.1, 0.15) is 0 Å². The van der Waals surface area contributed by atoms with Gasteiger partial charge >= 0.3 is 0 Å². The fraction of sp³-hybridized carbons (Fsp3) is 0.333. The molecule has 0 atom stereocenters. The molecular formula is C18H19N3OS. The molecule has 0 unspecified atom stereocenters. The van der Waals surface area contributed by atoms with Crippen molar-refractivity contribution in [3.63, 3.8) is 0 Å². The van der Waals surface area contributed by atoms with Gasteiger partial charge in [-0.2, -0.15) is 5.10 Å². The quantitative estimate of drug-likeness (QED) is 0.722. The third-order valence-electron chi connectivity index (χ3n) is 4.37. The molecule has 1 fully saturated rings. The molecule has 23 heavy (non-hydrogen) atoms. The van der Waals surface area contributed by atoms with E-state index in [-0.39, 0.29) is 5.56 Å². The van der Waals surface area contributed by atoms with Gasteiger partial charge < -0.3 is 0 Å². The molecule has 0 bridgehead atoms. The lowest BCUT2D eigenvalue weighted by molar-refractivity contribution is 0.185. The fourth-order valence-corrected chi connectivity index (χ4v) is 3.74. The van der Waals surface area contributed by atoms with E-state index in [9.17, 15) is 4.79 Å². The number of fused-ring (bicyclic) bond motifs is 1. The van der Waals surface area contributed by atoms with Crippen LogP contribution in [0.2, 0.25) is 0 Å². The van der Waals surface area contributed by atoms with Crippen LogP contribution in [0.3, 0.4) is 0 Å². The first-order chi connectivity index (χ1) is 11.2. The van der Waals surface area contributed by atoms with Crippen molar-refractivity contribution in [2.75, 3.05) is 0 Å². The summed E-state index contributed by atoms with van der Waals surface area (Å²) in [6.45, 7) is 3.43. The molecule has 4 rings (SSSR count). The first kappa shape index (κ1) is 14.6. The van der Waals surface area contributed by atoms with Crippen molar-refractivity contribution >= 4 is 22.1 Å². The molecule has 2 aromatic heterocycles. The Morgan fingerprint density at radius 3 is 2.70 bits per heavy atom. The van der Waals surface area contributed by atoms with Crippen LogP contribution in [0.25, 0.3) is 10.8 Å². The Labute approximate surface area is 139 Å². The van der Waals surface area contributed by atoms with E-state index in [4.69, 9.17) is 0 Å². The van der Waals surface area contributed by atoms with E-state index in [0.29, 0.717) is 12.7 Å². The van der Waals surface area contributed by atoms with Gasteiger partial charge in [0.05, 0.1) is 17.7 Å². The average molecular weight is 325 g/mol. The Morgan fingerprint density at radius 1 is 1.22 bits per heavy atom. The Balaban J connectivity index is 1.68. The average Bonchev–Trinajstić information content (AvgIpc) is 3.29. The zero-order valence-corrected chi connectivity index (χ0v) is 13.9. The summed E-state index contributed by atoms with van der Waals surface area (Å²) >= 11 is 1.77. The van der Waals surface area contributed by atoms with E-state index in [1.807, 2.05) is 31.2 Å². The lowest BCUT2D eigenvalue weighted by atomic mass is 10.1. The SMILES string of the molecule is Cc1nn(CN(Cc2cccs2)C2CC2)c(=O)c2ccccc12. The second-order valence-corrected chi connectivity index (χ2v) is 7.17. The second-order valence-electron chi connectivity index (χ2n) is 6.13. The molecule has 0 N–H and O–H groups in total. The molecule has 1 aromatic carbocycles. The molecule has 5 heteroatoms. The van der Waals surface area contributed by atoms with Gasteiger partial charge in [-0.15, -0.1) is 11.3 Å². The van der Waals surface area contributed by atoms with Crippen LogP contribution < -0.4 is 5.56 Å². The summed E-state index contributed by atoms with van der Waals surface area (Å²) in [5.41, 5.74) is 0.912. The minimum atomic E-state index is 0.00281. The number of rotatable bonds is 5. The van der Waals surface area contributed by atoms with Crippen LogP contribution >= 0.6 is 11.3 Å². The van der Waals surface area contributed by atoms with Crippen LogP contribution in [0.4, 0.5) is 0 Å². The standard InChI is InChI=1S/C18H19N3OS/c1-13-16-6-2-3-7-17(16)18(22)21(19-13)12-20(14-8-9-14)11-15-5-4-10-23-15/h2-7,10,14H,8-9,11-12H2,1H3. The number of hydrogen-bond donors (Lipinski definition) is 0. The van der Waals surface area contributed by atoms with E-state index in [1.165, 1.54) is 17.7 Å². The zero-order valence-electron chi connectivity index (χ0n) is 13.1. The monoisotopic (exact) mass is 325 g/mol. The highest BCUT2D eigenvalue weighted by Gasteiger charge is 2.29. The molecule has 118 valence electrons. The van der Waals surface area contributed by atoms with Crippen LogP contribution in [-0.2, 0) is 13.2 Å². The Hall–Kier alpha value is -1.98. The zero-order chi connectivity index (χ0) is 15.8. The highest BCUT2D eigenvalue weighted by Crippen LogP contribution is 2.29. The van der Waals surface area contributed by atoms with Crippen LogP contribution in [0.15, 0.2) is 46.6 Å². The second kappa shape index (κ2) is 5.91. The van der Waals surface area contributed by atoms with Crippen LogP contribution in [-0.4, -0.2) is 20.7 Å². The van der Waals surface area contributed by atoms with Crippen LogP contribution in [0.1, 0.15) is 23.4 Å². The predicted molar refractivity (Wildman–Crippen MR) is 93.6 cm³/mol. The molecule has 4 nitrogen and oxygen atoms in total. The van der Waals surface area contributed by atoms with Gasteiger partial charge in [0.15, 0.2) is 0 Å². The molecule has 1 aliphatic carbocycles. The minimum Gasteiger partial charge on any atom is -0.276 e. The molecule has 3 aromatic rings. The Kier molecular flexibility index (Phi) is 3.75. The molecule has 0 spiro atoms. The number of aromatic nitrogens is 2. The van der Waals surface area contributed by atoms with Crippen molar-refractivity contribution in [2.45, 2.75) is 39.0 Å². The Bertz CT molecular complexity index is 881. The summed E-state index contributed by atoms with van der Waals surface area (Å²) < 4.78 is 1.63. The number of benzene rings is 1. The van der Waals surface area contributed by atoms with E-state index < -0.39 is 0 Å². The molecule has 0 radical (unpaired) electrons. The third-order valence-corrected chi connectivity index (χ3v) is 5.23. The smallest absolute Gasteiger partial charge is 0.275 e. The van der Waals surface area contributed by atoms with Crippen LogP contribution in [0.5, 0.6) is 0 Å². The number of aryl methyl sites for hydroxylation is 1. The van der Waals surface area contributed by atoms with Crippen molar-refractivity contribution in [1.29, 1.82) is 0 Å². The van der Waals surface area contributed by atoms with Gasteiger partial charge in [-0.05, 0) is 37.3 Å². The lowest BCUT2D eigenvalue weighted by Crippen LogP contribution is -2.35. The highest BCUT2D eigenvalue weighted by molar-refractivity contribution is 7.09. The number of nitrogens with zero attached hydrogens (tertiary/aromatic N) is 3. The van der Waals surface area contributed by atoms with E-state index in [2.05, 4.69) is 27.5 Å². The first-order valence-corrected chi connectivity index (χ1v) is 8.83. The summed E-state index contributed by atoms with van der Waals surface area (Å²) in [6, 6.07) is 12.5. The maximum atomic E-state index is 12.7. The predicted octanol–water partition coefficient (Wildman–Crippen LogP) is 3.39.